The normalized spacial score (nSPS) is 13.0. The highest BCUT2D eigenvalue weighted by Gasteiger charge is 2.30. The lowest BCUT2D eigenvalue weighted by Gasteiger charge is -2.26. The first kappa shape index (κ1) is 33.7. The number of fused-ring (bicyclic) bond motifs is 6. The third-order valence-corrected chi connectivity index (χ3v) is 11.6. The van der Waals surface area contributed by atoms with Gasteiger partial charge in [-0.3, -0.25) is 0 Å². The molecule has 1 aliphatic rings. The summed E-state index contributed by atoms with van der Waals surface area (Å²) in [7, 11) is 0. The van der Waals surface area contributed by atoms with Crippen molar-refractivity contribution in [1.29, 1.82) is 0 Å². The maximum Gasteiger partial charge on any atom is 0.0542 e. The van der Waals surface area contributed by atoms with E-state index in [1.54, 1.807) is 0 Å². The van der Waals surface area contributed by atoms with E-state index >= 15 is 0 Å². The Bertz CT molecular complexity index is 3010. The minimum atomic E-state index is 0.211. The average molecular weight is 742 g/mol. The molecule has 58 heavy (non-hydrogen) atoms. The van der Waals surface area contributed by atoms with Gasteiger partial charge in [-0.25, -0.2) is 0 Å². The summed E-state index contributed by atoms with van der Waals surface area (Å²) in [4.78, 5) is 4.71. The molecule has 9 aromatic carbocycles. The second kappa shape index (κ2) is 14.1. The molecule has 11 rings (SSSR count). The molecule has 10 aromatic rings. The van der Waals surface area contributed by atoms with Crippen molar-refractivity contribution in [2.24, 2.45) is 0 Å². The van der Waals surface area contributed by atoms with Crippen molar-refractivity contribution in [1.82, 2.24) is 4.57 Å². The van der Waals surface area contributed by atoms with E-state index in [-0.39, 0.29) is 5.92 Å². The van der Waals surface area contributed by atoms with Gasteiger partial charge in [-0.2, -0.15) is 0 Å². The van der Waals surface area contributed by atoms with Crippen molar-refractivity contribution in [3.63, 3.8) is 0 Å². The van der Waals surface area contributed by atoms with Crippen LogP contribution >= 0.6 is 0 Å². The number of benzene rings is 9. The number of rotatable bonds is 8. The van der Waals surface area contributed by atoms with Crippen molar-refractivity contribution in [3.05, 3.63) is 247 Å². The zero-order valence-electron chi connectivity index (χ0n) is 31.9. The third kappa shape index (κ3) is 5.67. The summed E-state index contributed by atoms with van der Waals surface area (Å²) in [5.74, 6) is 0.211. The first-order chi connectivity index (χ1) is 28.8. The van der Waals surface area contributed by atoms with Crippen molar-refractivity contribution >= 4 is 55.9 Å². The lowest BCUT2D eigenvalue weighted by Crippen LogP contribution is -2.10. The Morgan fingerprint density at radius 1 is 0.310 bits per heavy atom. The van der Waals surface area contributed by atoms with Crippen LogP contribution in [0.15, 0.2) is 231 Å². The van der Waals surface area contributed by atoms with Crippen LogP contribution in [0.4, 0.5) is 34.1 Å². The minimum Gasteiger partial charge on any atom is -0.311 e. The van der Waals surface area contributed by atoms with Crippen LogP contribution in [0.5, 0.6) is 0 Å². The predicted octanol–water partition coefficient (Wildman–Crippen LogP) is 14.9. The fraction of sp³-hybridized carbons (Fsp3) is 0.0182. The molecule has 1 aliphatic carbocycles. The molecule has 0 amide bonds. The summed E-state index contributed by atoms with van der Waals surface area (Å²) in [6.45, 7) is 0. The molecular weight excluding hydrogens is 703 g/mol. The van der Waals surface area contributed by atoms with E-state index in [4.69, 9.17) is 0 Å². The van der Waals surface area contributed by atoms with E-state index < -0.39 is 0 Å². The molecule has 0 bridgehead atoms. The summed E-state index contributed by atoms with van der Waals surface area (Å²) in [5, 5.41) is 2.43. The molecule has 1 unspecified atom stereocenters. The van der Waals surface area contributed by atoms with E-state index in [0.29, 0.717) is 0 Å². The van der Waals surface area contributed by atoms with Crippen LogP contribution in [-0.2, 0) is 0 Å². The monoisotopic (exact) mass is 741 g/mol. The molecule has 0 saturated carbocycles. The fourth-order valence-corrected chi connectivity index (χ4v) is 9.09. The zero-order chi connectivity index (χ0) is 38.4. The predicted molar refractivity (Wildman–Crippen MR) is 243 cm³/mol. The van der Waals surface area contributed by atoms with Gasteiger partial charge in [0, 0.05) is 56.5 Å². The first-order valence-electron chi connectivity index (χ1n) is 20.0. The Kier molecular flexibility index (Phi) is 8.22. The quantitative estimate of drug-likeness (QED) is 0.154. The first-order valence-corrected chi connectivity index (χ1v) is 20.0. The van der Waals surface area contributed by atoms with Gasteiger partial charge in [-0.05, 0) is 125 Å². The highest BCUT2D eigenvalue weighted by atomic mass is 15.1. The van der Waals surface area contributed by atoms with Crippen molar-refractivity contribution < 1.29 is 0 Å². The third-order valence-electron chi connectivity index (χ3n) is 11.6. The number of para-hydroxylation sites is 4. The summed E-state index contributed by atoms with van der Waals surface area (Å²) in [6, 6.07) is 83.4. The highest BCUT2D eigenvalue weighted by Crippen LogP contribution is 2.50. The van der Waals surface area contributed by atoms with Gasteiger partial charge in [0.25, 0.3) is 0 Å². The number of hydrogen-bond acceptors (Lipinski definition) is 2. The summed E-state index contributed by atoms with van der Waals surface area (Å²) in [6.07, 6.45) is 0. The van der Waals surface area contributed by atoms with Crippen molar-refractivity contribution in [2.75, 3.05) is 9.80 Å². The van der Waals surface area contributed by atoms with Gasteiger partial charge in [0.2, 0.25) is 0 Å². The van der Waals surface area contributed by atoms with Gasteiger partial charge in [-0.15, -0.1) is 0 Å². The lowest BCUT2D eigenvalue weighted by molar-refractivity contribution is 1.01. The molecule has 0 radical (unpaired) electrons. The second-order valence-electron chi connectivity index (χ2n) is 15.0. The maximum absolute atomic E-state index is 2.40. The van der Waals surface area contributed by atoms with Crippen molar-refractivity contribution in [2.45, 2.75) is 5.92 Å². The fourth-order valence-electron chi connectivity index (χ4n) is 9.09. The van der Waals surface area contributed by atoms with Crippen LogP contribution in [-0.4, -0.2) is 4.57 Å². The molecular formula is C55H39N3. The Balaban J connectivity index is 1.03. The molecule has 0 spiro atoms. The van der Waals surface area contributed by atoms with Crippen molar-refractivity contribution in [3.8, 4) is 16.8 Å². The molecule has 274 valence electrons. The van der Waals surface area contributed by atoms with Crippen LogP contribution in [0.3, 0.4) is 0 Å². The zero-order valence-corrected chi connectivity index (χ0v) is 31.9. The molecule has 3 heteroatoms. The van der Waals surface area contributed by atoms with Gasteiger partial charge < -0.3 is 14.4 Å². The lowest BCUT2D eigenvalue weighted by atomic mass is 9.89. The average Bonchev–Trinajstić information content (AvgIpc) is 3.81. The number of aromatic nitrogens is 1. The van der Waals surface area contributed by atoms with Gasteiger partial charge >= 0.3 is 0 Å². The molecule has 0 aliphatic heterocycles. The number of nitrogens with zero attached hydrogens (tertiary/aromatic N) is 3. The molecule has 1 aromatic heterocycles. The maximum atomic E-state index is 2.40. The summed E-state index contributed by atoms with van der Waals surface area (Å²) < 4.78 is 2.40. The topological polar surface area (TPSA) is 11.4 Å². The van der Waals surface area contributed by atoms with E-state index in [9.17, 15) is 0 Å². The van der Waals surface area contributed by atoms with Gasteiger partial charge in [0.15, 0.2) is 0 Å². The molecule has 1 heterocycles. The van der Waals surface area contributed by atoms with Gasteiger partial charge in [0.05, 0.1) is 11.0 Å². The van der Waals surface area contributed by atoms with E-state index in [1.165, 1.54) is 49.6 Å². The second-order valence-corrected chi connectivity index (χ2v) is 15.0. The molecule has 0 N–H and O–H groups in total. The van der Waals surface area contributed by atoms with Gasteiger partial charge in [-0.1, -0.05) is 133 Å². The number of anilines is 6. The standard InChI is InChI=1S/C55H39N3/c1-5-17-39(18-6-1)55-49-27-14-13-25-47(49)51-37-45(33-35-50(51)55)57(42-23-11-4-12-24-42)46-34-36-54-52(38-46)48-26-15-16-28-53(48)58(54)44-31-29-43(30-32-44)56(40-19-7-2-8-20-40)41-21-9-3-10-22-41/h1-38,55H. The summed E-state index contributed by atoms with van der Waals surface area (Å²) in [5.41, 5.74) is 16.8. The minimum absolute atomic E-state index is 0.211. The van der Waals surface area contributed by atoms with Crippen LogP contribution < -0.4 is 9.80 Å². The smallest absolute Gasteiger partial charge is 0.0542 e. The highest BCUT2D eigenvalue weighted by molar-refractivity contribution is 6.10. The summed E-state index contributed by atoms with van der Waals surface area (Å²) >= 11 is 0. The largest absolute Gasteiger partial charge is 0.311 e. The Hall–Kier alpha value is -7.62. The van der Waals surface area contributed by atoms with Gasteiger partial charge in [0.1, 0.15) is 0 Å². The Morgan fingerprint density at radius 2 is 0.776 bits per heavy atom. The Labute approximate surface area is 338 Å². The van der Waals surface area contributed by atoms with E-state index in [1.807, 2.05) is 0 Å². The van der Waals surface area contributed by atoms with E-state index in [0.717, 1.165) is 39.8 Å². The molecule has 1 atom stereocenters. The van der Waals surface area contributed by atoms with Crippen LogP contribution in [0, 0.1) is 0 Å². The van der Waals surface area contributed by atoms with Crippen LogP contribution in [0.1, 0.15) is 22.6 Å². The SMILES string of the molecule is c1ccc(C2c3ccccc3-c3cc(N(c4ccccc4)c4ccc5c(c4)c4ccccc4n5-c4ccc(N(c5ccccc5)c5ccccc5)cc4)ccc32)cc1. The Morgan fingerprint density at radius 3 is 1.45 bits per heavy atom. The van der Waals surface area contributed by atoms with Crippen LogP contribution in [0.2, 0.25) is 0 Å². The van der Waals surface area contributed by atoms with E-state index in [2.05, 4.69) is 245 Å². The van der Waals surface area contributed by atoms with Crippen LogP contribution in [0.25, 0.3) is 38.6 Å². The number of hydrogen-bond donors (Lipinski definition) is 0. The molecule has 3 nitrogen and oxygen atoms in total. The molecule has 0 fully saturated rings. The molecule has 0 saturated heterocycles.